The number of rotatable bonds is 2. The second-order valence-corrected chi connectivity index (χ2v) is 5.73. The van der Waals surface area contributed by atoms with Gasteiger partial charge in [-0.05, 0) is 48.5 Å². The van der Waals surface area contributed by atoms with Crippen molar-refractivity contribution in [2.75, 3.05) is 11.5 Å². The molecular weight excluding hydrogens is 300 g/mol. The van der Waals surface area contributed by atoms with Crippen LogP contribution in [0.2, 0.25) is 0 Å². The Morgan fingerprint density at radius 3 is 1.25 bits per heavy atom. The molecule has 0 heterocycles. The first-order chi connectivity index (χ1) is 9.24. The molecule has 6 nitrogen and oxygen atoms in total. The van der Waals surface area contributed by atoms with Gasteiger partial charge < -0.3 is 11.5 Å². The van der Waals surface area contributed by atoms with Gasteiger partial charge in [-0.3, -0.25) is 9.11 Å². The highest BCUT2D eigenvalue weighted by atomic mass is 32.3. The van der Waals surface area contributed by atoms with Crippen molar-refractivity contribution < 1.29 is 17.5 Å². The molecule has 108 valence electrons. The number of hydrogen-bond donors (Lipinski definition) is 4. The average Bonchev–Trinajstić information content (AvgIpc) is 2.33. The van der Waals surface area contributed by atoms with E-state index in [1.54, 1.807) is 11.8 Å². The van der Waals surface area contributed by atoms with E-state index in [9.17, 15) is 0 Å². The monoisotopic (exact) mass is 314 g/mol. The summed E-state index contributed by atoms with van der Waals surface area (Å²) >= 11 is 1.69. The molecule has 2 rings (SSSR count). The summed E-state index contributed by atoms with van der Waals surface area (Å²) in [5, 5.41) is 0. The second kappa shape index (κ2) is 7.15. The van der Waals surface area contributed by atoms with Crippen LogP contribution >= 0.6 is 11.8 Å². The Balaban J connectivity index is 0.000000347. The van der Waals surface area contributed by atoms with Crippen molar-refractivity contribution in [2.24, 2.45) is 0 Å². The van der Waals surface area contributed by atoms with Crippen LogP contribution in [0, 0.1) is 0 Å². The zero-order valence-corrected chi connectivity index (χ0v) is 11.9. The first kappa shape index (κ1) is 16.3. The average molecular weight is 314 g/mol. The number of anilines is 2. The van der Waals surface area contributed by atoms with Gasteiger partial charge in [-0.2, -0.15) is 8.42 Å². The van der Waals surface area contributed by atoms with Crippen LogP contribution in [0.4, 0.5) is 11.4 Å². The van der Waals surface area contributed by atoms with Gasteiger partial charge in [-0.1, -0.05) is 11.8 Å². The molecule has 0 atom stereocenters. The molecule has 0 bridgehead atoms. The van der Waals surface area contributed by atoms with Crippen LogP contribution in [0.3, 0.4) is 0 Å². The first-order valence-corrected chi connectivity index (χ1v) is 7.54. The molecule has 0 aliphatic rings. The number of nitrogens with two attached hydrogens (primary N) is 2. The molecule has 0 unspecified atom stereocenters. The first-order valence-electron chi connectivity index (χ1n) is 5.33. The fourth-order valence-corrected chi connectivity index (χ4v) is 2.02. The highest BCUT2D eigenvalue weighted by molar-refractivity contribution is 7.99. The van der Waals surface area contributed by atoms with Gasteiger partial charge >= 0.3 is 10.4 Å². The van der Waals surface area contributed by atoms with E-state index < -0.39 is 10.4 Å². The Morgan fingerprint density at radius 1 is 0.750 bits per heavy atom. The third-order valence-corrected chi connectivity index (χ3v) is 3.01. The predicted molar refractivity (Wildman–Crippen MR) is 80.0 cm³/mol. The summed E-state index contributed by atoms with van der Waals surface area (Å²) < 4.78 is 31.6. The van der Waals surface area contributed by atoms with Crippen LogP contribution in [0.25, 0.3) is 0 Å². The third-order valence-electron chi connectivity index (χ3n) is 2.00. The molecule has 0 aliphatic carbocycles. The number of benzene rings is 2. The molecule has 2 aromatic carbocycles. The maximum Gasteiger partial charge on any atom is 0.394 e. The minimum Gasteiger partial charge on any atom is -0.399 e. The fraction of sp³-hybridized carbons (Fsp3) is 0. The van der Waals surface area contributed by atoms with Crippen molar-refractivity contribution in [3.63, 3.8) is 0 Å². The summed E-state index contributed by atoms with van der Waals surface area (Å²) in [5.41, 5.74) is 12.8. The fourth-order valence-electron chi connectivity index (χ4n) is 1.21. The Bertz CT molecular complexity index is 589. The molecule has 0 saturated carbocycles. The van der Waals surface area contributed by atoms with Crippen LogP contribution in [0.15, 0.2) is 58.3 Å². The van der Waals surface area contributed by atoms with Crippen LogP contribution in [-0.2, 0) is 10.4 Å². The van der Waals surface area contributed by atoms with Crippen molar-refractivity contribution in [1.29, 1.82) is 0 Å². The summed E-state index contributed by atoms with van der Waals surface area (Å²) in [6.07, 6.45) is 0. The molecular formula is C12H14N2O4S2. The van der Waals surface area contributed by atoms with Crippen molar-refractivity contribution in [3.05, 3.63) is 48.5 Å². The summed E-state index contributed by atoms with van der Waals surface area (Å²) in [7, 11) is -4.67. The Labute approximate surface area is 121 Å². The highest BCUT2D eigenvalue weighted by Gasteiger charge is 1.96. The lowest BCUT2D eigenvalue weighted by Crippen LogP contribution is -1.89. The molecule has 6 N–H and O–H groups in total. The Morgan fingerprint density at radius 2 is 1.00 bits per heavy atom. The van der Waals surface area contributed by atoms with Gasteiger partial charge in [0, 0.05) is 21.2 Å². The third kappa shape index (κ3) is 7.64. The highest BCUT2D eigenvalue weighted by Crippen LogP contribution is 2.28. The summed E-state index contributed by atoms with van der Waals surface area (Å²) in [4.78, 5) is 2.35. The Kier molecular flexibility index (Phi) is 5.83. The zero-order valence-electron chi connectivity index (χ0n) is 10.3. The molecule has 20 heavy (non-hydrogen) atoms. The van der Waals surface area contributed by atoms with Crippen molar-refractivity contribution >= 4 is 33.5 Å². The zero-order chi connectivity index (χ0) is 15.2. The quantitative estimate of drug-likeness (QED) is 0.495. The lowest BCUT2D eigenvalue weighted by atomic mass is 10.3. The molecule has 0 saturated heterocycles. The van der Waals surface area contributed by atoms with Crippen molar-refractivity contribution in [1.82, 2.24) is 0 Å². The maximum absolute atomic E-state index is 8.74. The van der Waals surface area contributed by atoms with E-state index in [1.165, 1.54) is 9.79 Å². The normalized spacial score (nSPS) is 10.5. The van der Waals surface area contributed by atoms with E-state index in [1.807, 2.05) is 48.5 Å². The molecule has 0 aromatic heterocycles. The van der Waals surface area contributed by atoms with Crippen molar-refractivity contribution in [3.8, 4) is 0 Å². The molecule has 0 spiro atoms. The van der Waals surface area contributed by atoms with E-state index in [0.717, 1.165) is 11.4 Å². The molecule has 0 fully saturated rings. The summed E-state index contributed by atoms with van der Waals surface area (Å²) in [5.74, 6) is 0. The minimum atomic E-state index is -4.67. The molecule has 2 aromatic rings. The maximum atomic E-state index is 8.74. The van der Waals surface area contributed by atoms with E-state index in [0.29, 0.717) is 0 Å². The van der Waals surface area contributed by atoms with Gasteiger partial charge in [0.05, 0.1) is 0 Å². The molecule has 8 heteroatoms. The Hall–Kier alpha value is -1.74. The SMILES string of the molecule is Nc1ccc(Sc2ccc(N)cc2)cc1.O=S(=O)(O)O. The van der Waals surface area contributed by atoms with E-state index >= 15 is 0 Å². The van der Waals surface area contributed by atoms with Gasteiger partial charge in [-0.25, -0.2) is 0 Å². The molecule has 0 radical (unpaired) electrons. The van der Waals surface area contributed by atoms with Gasteiger partial charge in [0.25, 0.3) is 0 Å². The van der Waals surface area contributed by atoms with Gasteiger partial charge in [0.2, 0.25) is 0 Å². The van der Waals surface area contributed by atoms with Gasteiger partial charge in [0.1, 0.15) is 0 Å². The van der Waals surface area contributed by atoms with Crippen LogP contribution in [0.5, 0.6) is 0 Å². The van der Waals surface area contributed by atoms with E-state index in [2.05, 4.69) is 0 Å². The predicted octanol–water partition coefficient (Wildman–Crippen LogP) is 2.35. The van der Waals surface area contributed by atoms with E-state index in [4.69, 9.17) is 29.0 Å². The smallest absolute Gasteiger partial charge is 0.394 e. The second-order valence-electron chi connectivity index (χ2n) is 3.69. The van der Waals surface area contributed by atoms with Gasteiger partial charge in [0.15, 0.2) is 0 Å². The van der Waals surface area contributed by atoms with Crippen LogP contribution in [0.1, 0.15) is 0 Å². The van der Waals surface area contributed by atoms with Crippen molar-refractivity contribution in [2.45, 2.75) is 9.79 Å². The summed E-state index contributed by atoms with van der Waals surface area (Å²) in [6.45, 7) is 0. The standard InChI is InChI=1S/C12H12N2S.H2O4S/c13-9-1-5-11(6-2-9)15-12-7-3-10(14)4-8-12;1-5(2,3)4/h1-8H,13-14H2;(H2,1,2,3,4). The van der Waals surface area contributed by atoms with E-state index in [-0.39, 0.29) is 0 Å². The van der Waals surface area contributed by atoms with Crippen LogP contribution < -0.4 is 11.5 Å². The largest absolute Gasteiger partial charge is 0.399 e. The van der Waals surface area contributed by atoms with Gasteiger partial charge in [-0.15, -0.1) is 0 Å². The topological polar surface area (TPSA) is 127 Å². The molecule has 0 amide bonds. The number of hydrogen-bond acceptors (Lipinski definition) is 5. The summed E-state index contributed by atoms with van der Waals surface area (Å²) in [6, 6.07) is 15.7. The number of nitrogen functional groups attached to an aromatic ring is 2. The molecule has 0 aliphatic heterocycles. The lowest BCUT2D eigenvalue weighted by molar-refractivity contribution is 0.381. The lowest BCUT2D eigenvalue weighted by Gasteiger charge is -2.02. The minimum absolute atomic E-state index is 0.789. The van der Waals surface area contributed by atoms with Crippen LogP contribution in [-0.4, -0.2) is 17.5 Å².